The Kier molecular flexibility index (Phi) is 27.1. The summed E-state index contributed by atoms with van der Waals surface area (Å²) in [4.78, 5) is 59.8. The third-order valence-corrected chi connectivity index (χ3v) is 21.2. The second-order valence-corrected chi connectivity index (χ2v) is 23.4. The van der Waals surface area contributed by atoms with Crippen molar-refractivity contribution in [3.05, 3.63) is 0 Å². The third kappa shape index (κ3) is 27.8. The van der Waals surface area contributed by atoms with Gasteiger partial charge in [0.15, 0.2) is 0 Å². The Bertz CT molecular complexity index is 826. The van der Waals surface area contributed by atoms with Crippen LogP contribution < -0.4 is 29.4 Å². The predicted octanol–water partition coefficient (Wildman–Crippen LogP) is 4.28. The van der Waals surface area contributed by atoms with Crippen molar-refractivity contribution in [1.29, 1.82) is 0 Å². The van der Waals surface area contributed by atoms with Crippen LogP contribution in [0.2, 0.25) is 0 Å². The van der Waals surface area contributed by atoms with Gasteiger partial charge >= 0.3 is 21.1 Å². The Labute approximate surface area is 302 Å². The van der Waals surface area contributed by atoms with Crippen molar-refractivity contribution in [1.82, 2.24) is 0 Å². The van der Waals surface area contributed by atoms with Gasteiger partial charge in [-0.3, -0.25) is 27.4 Å². The Balaban J connectivity index is 0.000000490. The van der Waals surface area contributed by atoms with E-state index in [2.05, 4.69) is 47.6 Å². The monoisotopic (exact) mass is 1050 g/mol. The summed E-state index contributed by atoms with van der Waals surface area (Å²) in [7, 11) is -23.2. The van der Waals surface area contributed by atoms with E-state index in [9.17, 15) is 56.8 Å². The average Bonchev–Trinajstić information content (AvgIpc) is 3.71. The smallest absolute Gasteiger partial charge is 0.755 e. The molecule has 6 rings (SSSR count). The maximum Gasteiger partial charge on any atom is 6.00 e. The van der Waals surface area contributed by atoms with Gasteiger partial charge in [0.05, 0.1) is 0 Å². The van der Waals surface area contributed by atoms with Crippen molar-refractivity contribution < 1.29 is 125 Å². The van der Waals surface area contributed by atoms with Crippen molar-refractivity contribution in [3.63, 3.8) is 0 Å². The van der Waals surface area contributed by atoms with E-state index in [0.717, 1.165) is 0 Å². The summed E-state index contributed by atoms with van der Waals surface area (Å²) in [6, 6.07) is 0. The van der Waals surface area contributed by atoms with Crippen molar-refractivity contribution in [3.8, 4) is 0 Å². The summed E-state index contributed by atoms with van der Waals surface area (Å²) in [5.41, 5.74) is 0. The minimum atomic E-state index is -3.87. The maximum absolute atomic E-state index is 9.97. The molecule has 0 radical (unpaired) electrons. The predicted molar refractivity (Wildman–Crippen MR) is 150 cm³/mol. The normalized spacial score (nSPS) is 27.5. The topological polar surface area (TPSA) is 352 Å². The Morgan fingerprint density at radius 3 is 0.349 bits per heavy atom. The van der Waals surface area contributed by atoms with Gasteiger partial charge in [-0.05, 0) is 0 Å². The van der Waals surface area contributed by atoms with Crippen LogP contribution in [0.4, 0.5) is 0 Å². The molecule has 6 fully saturated rings. The molecule has 6 aliphatic rings. The van der Waals surface area contributed by atoms with Crippen LogP contribution in [0.15, 0.2) is 0 Å². The van der Waals surface area contributed by atoms with E-state index in [1.165, 1.54) is 0 Å². The Morgan fingerprint density at radius 2 is 0.326 bits per heavy atom. The van der Waals surface area contributed by atoms with Crippen LogP contribution >= 0.6 is 180 Å². The van der Waals surface area contributed by atoms with E-state index in [0.29, 0.717) is 133 Å². The summed E-state index contributed by atoms with van der Waals surface area (Å²) >= 11 is 8.40. The van der Waals surface area contributed by atoms with Crippen molar-refractivity contribution >= 4 is 180 Å². The van der Waals surface area contributed by atoms with Crippen LogP contribution in [0, 0.1) is 0 Å². The fraction of sp³-hybridized carbons (Fsp3) is 0. The molecule has 6 aliphatic heterocycles. The van der Waals surface area contributed by atoms with E-state index in [1.807, 2.05) is 0 Å². The summed E-state index contributed by atoms with van der Waals surface area (Å²) in [5, 5.41) is 0. The van der Waals surface area contributed by atoms with Gasteiger partial charge in [-0.15, -0.1) is 0 Å². The molecule has 24 nitrogen and oxygen atoms in total. The van der Waals surface area contributed by atoms with Gasteiger partial charge in [-0.2, -0.15) is 0 Å². The minimum absolute atomic E-state index is 0. The van der Waals surface area contributed by atoms with Gasteiger partial charge < -0.3 is 29.4 Å². The fourth-order valence-corrected chi connectivity index (χ4v) is 18.1. The summed E-state index contributed by atoms with van der Waals surface area (Å²) in [5.74, 6) is 0. The van der Waals surface area contributed by atoms with Crippen LogP contribution in [0.3, 0.4) is 0 Å². The summed E-state index contributed by atoms with van der Waals surface area (Å²) in [6.07, 6.45) is 0. The van der Waals surface area contributed by atoms with Gasteiger partial charge in [0.2, 0.25) is 0 Å². The molecule has 0 spiro atoms. The van der Waals surface area contributed by atoms with Gasteiger partial charge in [0.25, 0.3) is 46.9 Å². The first kappa shape index (κ1) is 48.5. The zero-order chi connectivity index (χ0) is 32.0. The van der Waals surface area contributed by atoms with Crippen LogP contribution in [0.1, 0.15) is 0 Å². The first-order valence-electron chi connectivity index (χ1n) is 7.38. The first-order chi connectivity index (χ1) is 19.2. The average molecular weight is 1050 g/mol. The fourth-order valence-electron chi connectivity index (χ4n) is 0.671. The molecule has 0 bridgehead atoms. The quantitative estimate of drug-likeness (QED) is 0.141. The van der Waals surface area contributed by atoms with Crippen molar-refractivity contribution in [2.75, 3.05) is 0 Å². The van der Waals surface area contributed by atoms with Gasteiger partial charge in [-0.1, -0.05) is 0 Å². The van der Waals surface area contributed by atoms with E-state index < -0.39 is 46.9 Å². The van der Waals surface area contributed by atoms with Crippen LogP contribution in [-0.4, -0.2) is 0 Å². The van der Waals surface area contributed by atoms with Gasteiger partial charge in [0.1, 0.15) is 133 Å². The molecule has 6 heterocycles. The second kappa shape index (κ2) is 24.0. The molecular formula is MoO24P6S12. The third-order valence-electron chi connectivity index (χ3n) is 1.63. The standard InChI is InChI=1S/Mo.6HO4PS2/c;6*1-5(2)3-6-7-4-5/h;6*(H,1,2)/q+6;;;;;;/p-6. The molecule has 0 aromatic rings. The minimum Gasteiger partial charge on any atom is -0.755 e. The van der Waals surface area contributed by atoms with E-state index in [-0.39, 0.29) is 21.1 Å². The second-order valence-electron chi connectivity index (χ2n) is 4.39. The molecule has 6 saturated heterocycles. The Hall–Kier alpha value is 5.55. The maximum atomic E-state index is 9.97. The number of hydrogen-bond acceptors (Lipinski definition) is 36. The molecule has 252 valence electrons. The molecule has 0 aromatic carbocycles. The summed E-state index contributed by atoms with van der Waals surface area (Å²) in [6.45, 7) is 0. The molecule has 0 amide bonds. The molecule has 43 heavy (non-hydrogen) atoms. The molecule has 0 unspecified atom stereocenters. The largest absolute Gasteiger partial charge is 6.00 e. The molecular weight excluding hydrogens is 1050 g/mol. The molecule has 0 atom stereocenters. The first-order valence-corrected chi connectivity index (χ1v) is 28.1. The molecule has 0 aromatic heterocycles. The zero-order valence-corrected chi connectivity index (χ0v) is 35.0. The van der Waals surface area contributed by atoms with Crippen molar-refractivity contribution in [2.24, 2.45) is 0 Å². The molecule has 0 saturated carbocycles. The number of hydrogen-bond donors (Lipinski definition) is 0. The van der Waals surface area contributed by atoms with E-state index in [1.54, 1.807) is 0 Å². The van der Waals surface area contributed by atoms with Crippen LogP contribution in [0.25, 0.3) is 0 Å². The van der Waals surface area contributed by atoms with Gasteiger partial charge in [-0.25, -0.2) is 47.6 Å². The Morgan fingerprint density at radius 1 is 0.256 bits per heavy atom. The molecule has 43 heteroatoms. The van der Waals surface area contributed by atoms with Crippen molar-refractivity contribution in [2.45, 2.75) is 0 Å². The van der Waals surface area contributed by atoms with Crippen LogP contribution in [0.5, 0.6) is 0 Å². The van der Waals surface area contributed by atoms with Gasteiger partial charge in [0, 0.05) is 0 Å². The number of phosphoric acid groups is 6. The number of rotatable bonds is 0. The zero-order valence-electron chi connectivity index (χ0n) is 17.8. The summed E-state index contributed by atoms with van der Waals surface area (Å²) < 4.78 is 108. The molecule has 0 N–H and O–H groups in total. The van der Waals surface area contributed by atoms with E-state index in [4.69, 9.17) is 0 Å². The molecule has 0 aliphatic carbocycles. The van der Waals surface area contributed by atoms with Crippen LogP contribution in [-0.2, 0) is 96.1 Å². The van der Waals surface area contributed by atoms with E-state index >= 15 is 0 Å². The SMILES string of the molecule is O=P1([O-])OSSO1.O=P1([O-])OSSO1.O=P1([O-])OSSO1.O=P1([O-])OSSO1.O=P1([O-])OSSO1.O=P1([O-])OSSO1.[Mo+6].